The molecular formula is C20H19NO2S. The van der Waals surface area contributed by atoms with Crippen LogP contribution in [0.15, 0.2) is 71.6 Å². The molecule has 0 saturated carbocycles. The zero-order valence-corrected chi connectivity index (χ0v) is 14.5. The van der Waals surface area contributed by atoms with Crippen molar-refractivity contribution in [3.63, 3.8) is 0 Å². The lowest BCUT2D eigenvalue weighted by atomic mass is 10.1. The second-order valence-electron chi connectivity index (χ2n) is 5.42. The minimum Gasteiger partial charge on any atom is -0.497 e. The standard InChI is InChI=1S/C20H19NO2S/c1-21(19-9-5-7-15-6-3-4-8-18(15)19)20(22)14-24-17-12-10-16(23-2)11-13-17/h3-13H,14H2,1-2H3. The monoisotopic (exact) mass is 337 g/mol. The van der Waals surface area contributed by atoms with Gasteiger partial charge in [-0.15, -0.1) is 11.8 Å². The van der Waals surface area contributed by atoms with Crippen LogP contribution in [0, 0.1) is 0 Å². The molecule has 0 unspecified atom stereocenters. The van der Waals surface area contributed by atoms with E-state index < -0.39 is 0 Å². The highest BCUT2D eigenvalue weighted by Gasteiger charge is 2.13. The van der Waals surface area contributed by atoms with Crippen molar-refractivity contribution >= 4 is 34.1 Å². The molecular weight excluding hydrogens is 318 g/mol. The molecule has 1 amide bonds. The molecule has 24 heavy (non-hydrogen) atoms. The maximum Gasteiger partial charge on any atom is 0.237 e. The average Bonchev–Trinajstić information content (AvgIpc) is 2.65. The van der Waals surface area contributed by atoms with Gasteiger partial charge in [-0.05, 0) is 35.7 Å². The number of rotatable bonds is 5. The van der Waals surface area contributed by atoms with Crippen LogP contribution in [0.1, 0.15) is 0 Å². The summed E-state index contributed by atoms with van der Waals surface area (Å²) in [5.74, 6) is 1.29. The Morgan fingerprint density at radius 3 is 2.46 bits per heavy atom. The van der Waals surface area contributed by atoms with E-state index in [0.29, 0.717) is 5.75 Å². The third kappa shape index (κ3) is 3.54. The number of carbonyl (C=O) groups excluding carboxylic acids is 1. The van der Waals surface area contributed by atoms with Crippen LogP contribution >= 0.6 is 11.8 Å². The van der Waals surface area contributed by atoms with Crippen molar-refractivity contribution in [3.05, 3.63) is 66.7 Å². The van der Waals surface area contributed by atoms with E-state index in [9.17, 15) is 4.79 Å². The Morgan fingerprint density at radius 2 is 1.71 bits per heavy atom. The fourth-order valence-electron chi connectivity index (χ4n) is 2.55. The summed E-state index contributed by atoms with van der Waals surface area (Å²) in [6.45, 7) is 0. The molecule has 0 spiro atoms. The SMILES string of the molecule is COc1ccc(SCC(=O)N(C)c2cccc3ccccc23)cc1. The Balaban J connectivity index is 1.71. The van der Waals surface area contributed by atoms with Crippen molar-refractivity contribution in [2.75, 3.05) is 24.8 Å². The molecule has 3 nitrogen and oxygen atoms in total. The molecule has 3 rings (SSSR count). The molecule has 0 aliphatic heterocycles. The van der Waals surface area contributed by atoms with Gasteiger partial charge in [-0.25, -0.2) is 0 Å². The van der Waals surface area contributed by atoms with Crippen molar-refractivity contribution in [1.82, 2.24) is 0 Å². The molecule has 0 bridgehead atoms. The fourth-order valence-corrected chi connectivity index (χ4v) is 3.36. The molecule has 0 aliphatic rings. The summed E-state index contributed by atoms with van der Waals surface area (Å²) in [5.41, 5.74) is 0.938. The summed E-state index contributed by atoms with van der Waals surface area (Å²) in [6, 6.07) is 21.9. The van der Waals surface area contributed by atoms with Crippen LogP contribution in [0.2, 0.25) is 0 Å². The maximum absolute atomic E-state index is 12.6. The number of carbonyl (C=O) groups is 1. The Bertz CT molecular complexity index is 840. The molecule has 0 fully saturated rings. The second kappa shape index (κ2) is 7.41. The van der Waals surface area contributed by atoms with Gasteiger partial charge in [0.25, 0.3) is 0 Å². The molecule has 122 valence electrons. The Kier molecular flexibility index (Phi) is 5.06. The number of methoxy groups -OCH3 is 1. The van der Waals surface area contributed by atoms with E-state index >= 15 is 0 Å². The first-order valence-electron chi connectivity index (χ1n) is 7.70. The van der Waals surface area contributed by atoms with Gasteiger partial charge in [-0.1, -0.05) is 36.4 Å². The van der Waals surface area contributed by atoms with Gasteiger partial charge in [0.1, 0.15) is 5.75 Å². The first-order valence-corrected chi connectivity index (χ1v) is 8.69. The summed E-state index contributed by atoms with van der Waals surface area (Å²) >= 11 is 1.53. The minimum absolute atomic E-state index is 0.0761. The zero-order valence-electron chi connectivity index (χ0n) is 13.7. The van der Waals surface area contributed by atoms with E-state index in [2.05, 4.69) is 12.1 Å². The number of anilines is 1. The molecule has 0 radical (unpaired) electrons. The van der Waals surface area contributed by atoms with Crippen molar-refractivity contribution < 1.29 is 9.53 Å². The number of nitrogens with zero attached hydrogens (tertiary/aromatic N) is 1. The average molecular weight is 337 g/mol. The maximum atomic E-state index is 12.6. The summed E-state index contributed by atoms with van der Waals surface area (Å²) in [7, 11) is 3.48. The number of thioether (sulfide) groups is 1. The van der Waals surface area contributed by atoms with Gasteiger partial charge in [0.15, 0.2) is 0 Å². The summed E-state index contributed by atoms with van der Waals surface area (Å²) in [6.07, 6.45) is 0. The predicted octanol–water partition coefficient (Wildman–Crippen LogP) is 4.60. The molecule has 0 N–H and O–H groups in total. The number of amides is 1. The van der Waals surface area contributed by atoms with Crippen LogP contribution < -0.4 is 9.64 Å². The lowest BCUT2D eigenvalue weighted by Gasteiger charge is -2.19. The minimum atomic E-state index is 0.0761. The summed E-state index contributed by atoms with van der Waals surface area (Å²) in [5, 5.41) is 2.22. The normalized spacial score (nSPS) is 10.6. The topological polar surface area (TPSA) is 29.5 Å². The Hall–Kier alpha value is -2.46. The molecule has 0 heterocycles. The Morgan fingerprint density at radius 1 is 1.00 bits per heavy atom. The number of ether oxygens (including phenoxy) is 1. The van der Waals surface area contributed by atoms with Gasteiger partial charge in [-0.2, -0.15) is 0 Å². The van der Waals surface area contributed by atoms with Crippen molar-refractivity contribution in [2.45, 2.75) is 4.90 Å². The molecule has 0 saturated heterocycles. The fraction of sp³-hybridized carbons (Fsp3) is 0.150. The lowest BCUT2D eigenvalue weighted by Crippen LogP contribution is -2.28. The van der Waals surface area contributed by atoms with Crippen LogP contribution in [0.3, 0.4) is 0 Å². The van der Waals surface area contributed by atoms with Gasteiger partial charge in [-0.3, -0.25) is 4.79 Å². The van der Waals surface area contributed by atoms with E-state index in [4.69, 9.17) is 4.74 Å². The van der Waals surface area contributed by atoms with E-state index in [1.807, 2.05) is 61.6 Å². The highest BCUT2D eigenvalue weighted by atomic mass is 32.2. The summed E-state index contributed by atoms with van der Waals surface area (Å²) in [4.78, 5) is 15.4. The quantitative estimate of drug-likeness (QED) is 0.637. The highest BCUT2D eigenvalue weighted by Crippen LogP contribution is 2.27. The second-order valence-corrected chi connectivity index (χ2v) is 6.46. The van der Waals surface area contributed by atoms with E-state index in [1.54, 1.807) is 12.0 Å². The smallest absolute Gasteiger partial charge is 0.237 e. The van der Waals surface area contributed by atoms with Gasteiger partial charge in [0.05, 0.1) is 18.6 Å². The first kappa shape index (κ1) is 16.4. The summed E-state index contributed by atoms with van der Waals surface area (Å²) < 4.78 is 5.15. The molecule has 3 aromatic carbocycles. The first-order chi connectivity index (χ1) is 11.7. The van der Waals surface area contributed by atoms with Crippen LogP contribution in [0.4, 0.5) is 5.69 Å². The van der Waals surface area contributed by atoms with Gasteiger partial charge in [0.2, 0.25) is 5.91 Å². The Labute approximate surface area is 146 Å². The van der Waals surface area contributed by atoms with Gasteiger partial charge >= 0.3 is 0 Å². The predicted molar refractivity (Wildman–Crippen MR) is 101 cm³/mol. The van der Waals surface area contributed by atoms with Crippen LogP contribution in [-0.4, -0.2) is 25.8 Å². The van der Waals surface area contributed by atoms with Crippen molar-refractivity contribution in [3.8, 4) is 5.75 Å². The number of benzene rings is 3. The van der Waals surface area contributed by atoms with Crippen molar-refractivity contribution in [1.29, 1.82) is 0 Å². The van der Waals surface area contributed by atoms with Crippen LogP contribution in [0.25, 0.3) is 10.8 Å². The number of hydrogen-bond acceptors (Lipinski definition) is 3. The molecule has 4 heteroatoms. The van der Waals surface area contributed by atoms with Crippen LogP contribution in [0.5, 0.6) is 5.75 Å². The third-order valence-electron chi connectivity index (χ3n) is 3.92. The molecule has 0 aliphatic carbocycles. The molecule has 0 atom stereocenters. The largest absolute Gasteiger partial charge is 0.497 e. The van der Waals surface area contributed by atoms with Crippen LogP contribution in [-0.2, 0) is 4.79 Å². The van der Waals surface area contributed by atoms with Gasteiger partial charge in [0, 0.05) is 17.3 Å². The van der Waals surface area contributed by atoms with E-state index in [1.165, 1.54) is 11.8 Å². The highest BCUT2D eigenvalue weighted by molar-refractivity contribution is 8.00. The van der Waals surface area contributed by atoms with E-state index in [0.717, 1.165) is 27.1 Å². The lowest BCUT2D eigenvalue weighted by molar-refractivity contribution is -0.115. The molecule has 0 aromatic heterocycles. The third-order valence-corrected chi connectivity index (χ3v) is 4.92. The number of hydrogen-bond donors (Lipinski definition) is 0. The zero-order chi connectivity index (χ0) is 16.9. The number of fused-ring (bicyclic) bond motifs is 1. The van der Waals surface area contributed by atoms with Gasteiger partial charge < -0.3 is 9.64 Å². The molecule has 3 aromatic rings. The van der Waals surface area contributed by atoms with E-state index in [-0.39, 0.29) is 5.91 Å². The van der Waals surface area contributed by atoms with Crippen molar-refractivity contribution in [2.24, 2.45) is 0 Å².